The highest BCUT2D eigenvalue weighted by Crippen LogP contribution is 2.26. The molecule has 3 rings (SSSR count). The second-order valence-corrected chi connectivity index (χ2v) is 4.97. The average Bonchev–Trinajstić information content (AvgIpc) is 2.39. The van der Waals surface area contributed by atoms with Crippen molar-refractivity contribution in [2.24, 2.45) is 4.99 Å². The largest absolute Gasteiger partial charge is 0.369 e. The highest BCUT2D eigenvalue weighted by atomic mass is 79.9. The summed E-state index contributed by atoms with van der Waals surface area (Å²) in [5.41, 5.74) is 1.80. The molecule has 0 amide bonds. The molecule has 0 fully saturated rings. The van der Waals surface area contributed by atoms with Crippen molar-refractivity contribution in [3.05, 3.63) is 64.8 Å². The van der Waals surface area contributed by atoms with Gasteiger partial charge in [0.1, 0.15) is 5.84 Å². The summed E-state index contributed by atoms with van der Waals surface area (Å²) in [4.78, 5) is 6.28. The Labute approximate surface area is 114 Å². The van der Waals surface area contributed by atoms with E-state index in [4.69, 9.17) is 0 Å². The van der Waals surface area contributed by atoms with Gasteiger partial charge in [0, 0.05) is 16.2 Å². The number of aliphatic imine (C=N–C) groups is 1. The van der Waals surface area contributed by atoms with Crippen LogP contribution in [0.2, 0.25) is 0 Å². The molecule has 4 heteroatoms. The van der Waals surface area contributed by atoms with Crippen LogP contribution in [0.1, 0.15) is 5.56 Å². The fourth-order valence-electron chi connectivity index (χ4n) is 1.94. The van der Waals surface area contributed by atoms with Crippen LogP contribution in [-0.4, -0.2) is 22.1 Å². The van der Waals surface area contributed by atoms with E-state index in [2.05, 4.69) is 20.9 Å². The zero-order valence-corrected chi connectivity index (χ0v) is 11.1. The van der Waals surface area contributed by atoms with Gasteiger partial charge in [-0.05, 0) is 18.2 Å². The normalized spacial score (nSPS) is 22.0. The second kappa shape index (κ2) is 4.55. The number of hydrogen-bond donors (Lipinski definition) is 1. The molecule has 1 unspecified atom stereocenters. The van der Waals surface area contributed by atoms with E-state index in [-0.39, 0.29) is 0 Å². The van der Waals surface area contributed by atoms with Crippen molar-refractivity contribution < 1.29 is 5.11 Å². The van der Waals surface area contributed by atoms with Gasteiger partial charge >= 0.3 is 0 Å². The fraction of sp³-hybridized carbons (Fsp3) is 0.0714. The maximum Gasteiger partial charge on any atom is 0.153 e. The van der Waals surface area contributed by atoms with Crippen molar-refractivity contribution in [2.45, 2.75) is 6.23 Å². The molecular weight excluding hydrogens is 292 g/mol. The van der Waals surface area contributed by atoms with Crippen LogP contribution in [0.15, 0.2) is 64.2 Å². The zero-order valence-electron chi connectivity index (χ0n) is 9.49. The van der Waals surface area contributed by atoms with Gasteiger partial charge in [-0.1, -0.05) is 46.3 Å². The summed E-state index contributed by atoms with van der Waals surface area (Å²) >= 11 is 3.41. The van der Waals surface area contributed by atoms with Crippen LogP contribution in [0.5, 0.6) is 0 Å². The number of hydrogen-bond acceptors (Lipinski definition) is 3. The summed E-state index contributed by atoms with van der Waals surface area (Å²) < 4.78 is 0.944. The summed E-state index contributed by atoms with van der Waals surface area (Å²) in [5, 5.41) is 10.1. The van der Waals surface area contributed by atoms with Crippen molar-refractivity contribution in [1.29, 1.82) is 0 Å². The van der Waals surface area contributed by atoms with Gasteiger partial charge < -0.3 is 10.0 Å². The van der Waals surface area contributed by atoms with Crippen LogP contribution >= 0.6 is 15.9 Å². The predicted molar refractivity (Wildman–Crippen MR) is 75.8 cm³/mol. The minimum atomic E-state index is -0.680. The van der Waals surface area contributed by atoms with Crippen LogP contribution in [-0.2, 0) is 0 Å². The summed E-state index contributed by atoms with van der Waals surface area (Å²) in [6.07, 6.45) is 6.64. The minimum absolute atomic E-state index is 0.680. The molecule has 0 spiro atoms. The lowest BCUT2D eigenvalue weighted by Gasteiger charge is -2.30. The van der Waals surface area contributed by atoms with E-state index in [0.29, 0.717) is 0 Å². The number of rotatable bonds is 1. The van der Waals surface area contributed by atoms with Gasteiger partial charge in [0.2, 0.25) is 0 Å². The van der Waals surface area contributed by atoms with Gasteiger partial charge in [-0.3, -0.25) is 0 Å². The molecule has 1 atom stereocenters. The summed E-state index contributed by atoms with van der Waals surface area (Å²) in [7, 11) is 0. The van der Waals surface area contributed by atoms with Crippen molar-refractivity contribution >= 4 is 27.5 Å². The first kappa shape index (κ1) is 11.4. The molecule has 1 N–H and O–H groups in total. The van der Waals surface area contributed by atoms with Crippen LogP contribution in [0.3, 0.4) is 0 Å². The van der Waals surface area contributed by atoms with E-state index in [0.717, 1.165) is 21.6 Å². The highest BCUT2D eigenvalue weighted by Gasteiger charge is 2.22. The van der Waals surface area contributed by atoms with Crippen molar-refractivity contribution in [2.75, 3.05) is 0 Å². The van der Waals surface area contributed by atoms with Crippen LogP contribution in [0, 0.1) is 0 Å². The third-order valence-electron chi connectivity index (χ3n) is 2.82. The first-order valence-electron chi connectivity index (χ1n) is 5.62. The van der Waals surface area contributed by atoms with E-state index < -0.39 is 6.23 Å². The molecule has 3 nitrogen and oxygen atoms in total. The lowest BCUT2D eigenvalue weighted by molar-refractivity contribution is 0.127. The molecule has 0 radical (unpaired) electrons. The Morgan fingerprint density at radius 3 is 2.78 bits per heavy atom. The molecule has 0 saturated carbocycles. The van der Waals surface area contributed by atoms with Gasteiger partial charge in [-0.25, -0.2) is 4.99 Å². The Kier molecular flexibility index (Phi) is 2.89. The molecule has 18 heavy (non-hydrogen) atoms. The number of aliphatic hydroxyl groups excluding tert-OH is 1. The van der Waals surface area contributed by atoms with Gasteiger partial charge in [0.05, 0.1) is 5.70 Å². The first-order chi connectivity index (χ1) is 8.74. The summed E-state index contributed by atoms with van der Waals surface area (Å²) in [6.45, 7) is 0. The molecule has 1 aromatic carbocycles. The number of fused-ring (bicyclic) bond motifs is 1. The average molecular weight is 303 g/mol. The van der Waals surface area contributed by atoms with Crippen LogP contribution < -0.4 is 0 Å². The lowest BCUT2D eigenvalue weighted by atomic mass is 10.1. The van der Waals surface area contributed by atoms with E-state index in [1.165, 1.54) is 0 Å². The molecule has 0 bridgehead atoms. The van der Waals surface area contributed by atoms with Gasteiger partial charge in [0.25, 0.3) is 0 Å². The number of amidine groups is 1. The summed E-state index contributed by atoms with van der Waals surface area (Å²) in [5.74, 6) is 0.734. The Balaban J connectivity index is 2.02. The second-order valence-electron chi connectivity index (χ2n) is 4.05. The van der Waals surface area contributed by atoms with E-state index >= 15 is 0 Å². The van der Waals surface area contributed by atoms with Crippen molar-refractivity contribution in [3.8, 4) is 0 Å². The van der Waals surface area contributed by atoms with Gasteiger partial charge in [-0.15, -0.1) is 0 Å². The Morgan fingerprint density at radius 1 is 1.22 bits per heavy atom. The number of halogens is 1. The summed E-state index contributed by atoms with van der Waals surface area (Å²) in [6, 6.07) is 9.84. The Hall–Kier alpha value is -1.65. The SMILES string of the molecule is OC1C=C(c2ccccc2)N=C2C=C(Br)C=CN21. The number of benzene rings is 1. The first-order valence-corrected chi connectivity index (χ1v) is 6.41. The maximum atomic E-state index is 10.1. The molecule has 2 aliphatic rings. The lowest BCUT2D eigenvalue weighted by Crippen LogP contribution is -2.37. The zero-order chi connectivity index (χ0) is 12.5. The van der Waals surface area contributed by atoms with Crippen molar-refractivity contribution in [1.82, 2.24) is 4.90 Å². The molecular formula is C14H11BrN2O. The number of allylic oxidation sites excluding steroid dienone is 2. The molecule has 90 valence electrons. The van der Waals surface area contributed by atoms with Gasteiger partial charge in [0.15, 0.2) is 6.23 Å². The Morgan fingerprint density at radius 2 is 2.00 bits per heavy atom. The van der Waals surface area contributed by atoms with Gasteiger partial charge in [-0.2, -0.15) is 0 Å². The standard InChI is InChI=1S/C14H11BrN2O/c15-11-6-7-17-13(8-11)16-12(9-14(17)18)10-4-2-1-3-5-10/h1-9,14,18H. The maximum absolute atomic E-state index is 10.1. The molecule has 2 aliphatic heterocycles. The van der Waals surface area contributed by atoms with Crippen molar-refractivity contribution in [3.63, 3.8) is 0 Å². The smallest absolute Gasteiger partial charge is 0.153 e. The van der Waals surface area contributed by atoms with E-state index in [1.807, 2.05) is 48.7 Å². The fourth-order valence-corrected chi connectivity index (χ4v) is 2.26. The topological polar surface area (TPSA) is 35.8 Å². The third-order valence-corrected chi connectivity index (χ3v) is 3.32. The Bertz CT molecular complexity index is 587. The molecule has 0 aromatic heterocycles. The van der Waals surface area contributed by atoms with E-state index in [9.17, 15) is 5.11 Å². The number of aliphatic hydroxyl groups is 1. The van der Waals surface area contributed by atoms with Crippen LogP contribution in [0.4, 0.5) is 0 Å². The quantitative estimate of drug-likeness (QED) is 0.866. The highest BCUT2D eigenvalue weighted by molar-refractivity contribution is 9.11. The predicted octanol–water partition coefficient (Wildman–Crippen LogP) is 2.87. The number of nitrogens with zero attached hydrogens (tertiary/aromatic N) is 2. The van der Waals surface area contributed by atoms with Crippen LogP contribution in [0.25, 0.3) is 5.70 Å². The molecule has 0 aliphatic carbocycles. The minimum Gasteiger partial charge on any atom is -0.369 e. The molecule has 1 aromatic rings. The monoisotopic (exact) mass is 302 g/mol. The van der Waals surface area contributed by atoms with E-state index in [1.54, 1.807) is 11.0 Å². The molecule has 0 saturated heterocycles. The molecule has 2 heterocycles. The third kappa shape index (κ3) is 2.05.